The summed E-state index contributed by atoms with van der Waals surface area (Å²) in [7, 11) is 0. The third-order valence-corrected chi connectivity index (χ3v) is 5.07. The number of piperazine rings is 1. The summed E-state index contributed by atoms with van der Waals surface area (Å²) in [6.07, 6.45) is 6.11. The Bertz CT molecular complexity index is 636. The molecule has 0 radical (unpaired) electrons. The molecule has 1 aromatic carbocycles. The van der Waals surface area contributed by atoms with Gasteiger partial charge in [-0.15, -0.1) is 0 Å². The second-order valence-electron chi connectivity index (χ2n) is 6.71. The lowest BCUT2D eigenvalue weighted by molar-refractivity contribution is 0.0725. The molecule has 0 unspecified atom stereocenters. The van der Waals surface area contributed by atoms with Crippen molar-refractivity contribution in [1.82, 2.24) is 14.9 Å². The summed E-state index contributed by atoms with van der Waals surface area (Å²) in [5.74, 6) is 2.47. The number of anilines is 1. The molecule has 1 aromatic heterocycles. The molecule has 0 saturated carbocycles. The van der Waals surface area contributed by atoms with Gasteiger partial charge in [-0.05, 0) is 31.0 Å². The largest absolute Gasteiger partial charge is 0.493 e. The Morgan fingerprint density at radius 2 is 1.79 bits per heavy atom. The van der Waals surface area contributed by atoms with Gasteiger partial charge in [0.15, 0.2) is 0 Å². The molecule has 0 spiro atoms. The molecule has 3 heterocycles. The topological polar surface area (TPSA) is 41.5 Å². The van der Waals surface area contributed by atoms with Gasteiger partial charge >= 0.3 is 0 Å². The molecular weight excluding hydrogens is 300 g/mol. The van der Waals surface area contributed by atoms with Crippen molar-refractivity contribution in [3.8, 4) is 5.75 Å². The Labute approximate surface area is 143 Å². The first-order valence-electron chi connectivity index (χ1n) is 8.82. The predicted molar refractivity (Wildman–Crippen MR) is 94.3 cm³/mol. The minimum absolute atomic E-state index is 0.621. The van der Waals surface area contributed by atoms with E-state index in [-0.39, 0.29) is 0 Å². The average molecular weight is 324 g/mol. The van der Waals surface area contributed by atoms with Crippen molar-refractivity contribution in [2.45, 2.75) is 18.9 Å². The number of aromatic nitrogens is 2. The van der Waals surface area contributed by atoms with E-state index in [9.17, 15) is 0 Å². The Morgan fingerprint density at radius 1 is 0.958 bits per heavy atom. The molecule has 2 atom stereocenters. The second kappa shape index (κ2) is 7.18. The molecule has 4 rings (SSSR count). The van der Waals surface area contributed by atoms with Crippen LogP contribution in [0.5, 0.6) is 5.75 Å². The van der Waals surface area contributed by atoms with E-state index in [0.717, 1.165) is 44.5 Å². The van der Waals surface area contributed by atoms with Gasteiger partial charge in [0.25, 0.3) is 0 Å². The van der Waals surface area contributed by atoms with Gasteiger partial charge in [-0.1, -0.05) is 18.2 Å². The Hall–Kier alpha value is -2.14. The predicted octanol–water partition coefficient (Wildman–Crippen LogP) is 2.46. The molecule has 0 N–H and O–H groups in total. The van der Waals surface area contributed by atoms with E-state index >= 15 is 0 Å². The van der Waals surface area contributed by atoms with E-state index in [2.05, 4.69) is 19.8 Å². The molecule has 0 bridgehead atoms. The number of hydrogen-bond acceptors (Lipinski definition) is 5. The van der Waals surface area contributed by atoms with Gasteiger partial charge in [0.1, 0.15) is 5.75 Å². The molecule has 2 saturated heterocycles. The van der Waals surface area contributed by atoms with E-state index in [1.807, 2.05) is 48.8 Å². The van der Waals surface area contributed by atoms with Crippen molar-refractivity contribution in [3.63, 3.8) is 0 Å². The molecule has 5 nitrogen and oxygen atoms in total. The van der Waals surface area contributed by atoms with E-state index < -0.39 is 0 Å². The normalized spacial score (nSPS) is 24.4. The van der Waals surface area contributed by atoms with Crippen molar-refractivity contribution in [1.29, 1.82) is 0 Å². The van der Waals surface area contributed by atoms with Crippen molar-refractivity contribution < 1.29 is 4.74 Å². The van der Waals surface area contributed by atoms with Gasteiger partial charge in [-0.25, -0.2) is 9.97 Å². The first-order valence-corrected chi connectivity index (χ1v) is 8.82. The van der Waals surface area contributed by atoms with Crippen LogP contribution in [0, 0.1) is 5.92 Å². The fourth-order valence-corrected chi connectivity index (χ4v) is 3.76. The number of rotatable bonds is 4. The summed E-state index contributed by atoms with van der Waals surface area (Å²) in [5, 5.41) is 0. The minimum Gasteiger partial charge on any atom is -0.493 e. The monoisotopic (exact) mass is 324 g/mol. The summed E-state index contributed by atoms with van der Waals surface area (Å²) in [6.45, 7) is 5.09. The zero-order chi connectivity index (χ0) is 16.2. The minimum atomic E-state index is 0.621. The zero-order valence-corrected chi connectivity index (χ0v) is 13.9. The summed E-state index contributed by atoms with van der Waals surface area (Å²) in [5.41, 5.74) is 0. The third kappa shape index (κ3) is 3.51. The van der Waals surface area contributed by atoms with Crippen molar-refractivity contribution in [2.75, 3.05) is 37.7 Å². The molecule has 126 valence electrons. The highest BCUT2D eigenvalue weighted by molar-refractivity contribution is 5.30. The molecule has 0 amide bonds. The lowest BCUT2D eigenvalue weighted by Crippen LogP contribution is -2.57. The van der Waals surface area contributed by atoms with Crippen molar-refractivity contribution >= 4 is 5.95 Å². The van der Waals surface area contributed by atoms with E-state index in [1.165, 1.54) is 12.8 Å². The quantitative estimate of drug-likeness (QED) is 0.864. The number of piperidine rings is 1. The maximum absolute atomic E-state index is 5.96. The number of fused-ring (bicyclic) bond motifs is 1. The van der Waals surface area contributed by atoms with Gasteiger partial charge in [0.2, 0.25) is 5.95 Å². The molecule has 24 heavy (non-hydrogen) atoms. The first-order chi connectivity index (χ1) is 11.9. The number of benzene rings is 1. The third-order valence-electron chi connectivity index (χ3n) is 5.07. The van der Waals surface area contributed by atoms with Gasteiger partial charge in [-0.2, -0.15) is 0 Å². The van der Waals surface area contributed by atoms with Gasteiger partial charge in [0, 0.05) is 50.5 Å². The van der Waals surface area contributed by atoms with E-state index in [4.69, 9.17) is 4.74 Å². The highest BCUT2D eigenvalue weighted by Gasteiger charge is 2.33. The van der Waals surface area contributed by atoms with Crippen LogP contribution in [-0.4, -0.2) is 53.7 Å². The van der Waals surface area contributed by atoms with Crippen LogP contribution in [0.4, 0.5) is 5.95 Å². The van der Waals surface area contributed by atoms with Crippen LogP contribution in [0.3, 0.4) is 0 Å². The number of ether oxygens (including phenoxy) is 1. The lowest BCUT2D eigenvalue weighted by Gasteiger charge is -2.46. The summed E-state index contributed by atoms with van der Waals surface area (Å²) in [6, 6.07) is 12.6. The van der Waals surface area contributed by atoms with E-state index in [1.54, 1.807) is 0 Å². The summed E-state index contributed by atoms with van der Waals surface area (Å²) >= 11 is 0. The number of para-hydroxylation sites is 1. The molecule has 5 heteroatoms. The maximum Gasteiger partial charge on any atom is 0.225 e. The average Bonchev–Trinajstić information content (AvgIpc) is 2.67. The van der Waals surface area contributed by atoms with Gasteiger partial charge in [0.05, 0.1) is 6.61 Å². The fraction of sp³-hybridized carbons (Fsp3) is 0.474. The van der Waals surface area contributed by atoms with Crippen molar-refractivity contribution in [3.05, 3.63) is 48.8 Å². The summed E-state index contributed by atoms with van der Waals surface area (Å²) < 4.78 is 5.96. The Balaban J connectivity index is 1.30. The van der Waals surface area contributed by atoms with Crippen LogP contribution in [0.15, 0.2) is 48.8 Å². The van der Waals surface area contributed by atoms with Crippen LogP contribution in [-0.2, 0) is 0 Å². The van der Waals surface area contributed by atoms with Crippen LogP contribution in [0.1, 0.15) is 12.8 Å². The van der Waals surface area contributed by atoms with E-state index in [0.29, 0.717) is 12.0 Å². The standard InChI is InChI=1S/C19H24N4O/c1-2-5-18(6-3-1)24-15-16-7-8-17-14-23(12-11-22(17)13-16)19-20-9-4-10-21-19/h1-6,9-10,16-17H,7-8,11-15H2/t16-,17+/m1/s1. The Kier molecular flexibility index (Phi) is 4.60. The maximum atomic E-state index is 5.96. The molecule has 2 aliphatic rings. The smallest absolute Gasteiger partial charge is 0.225 e. The Morgan fingerprint density at radius 3 is 2.62 bits per heavy atom. The fourth-order valence-electron chi connectivity index (χ4n) is 3.76. The second-order valence-corrected chi connectivity index (χ2v) is 6.71. The van der Waals surface area contributed by atoms with Gasteiger partial charge < -0.3 is 9.64 Å². The SMILES string of the molecule is c1ccc(OC[C@@H]2CC[C@H]3CN(c4ncccn4)CCN3C2)cc1. The van der Waals surface area contributed by atoms with Crippen LogP contribution in [0.25, 0.3) is 0 Å². The number of hydrogen-bond donors (Lipinski definition) is 0. The van der Waals surface area contributed by atoms with Crippen molar-refractivity contribution in [2.24, 2.45) is 5.92 Å². The van der Waals surface area contributed by atoms with Crippen LogP contribution >= 0.6 is 0 Å². The van der Waals surface area contributed by atoms with Crippen LogP contribution in [0.2, 0.25) is 0 Å². The first kappa shape index (κ1) is 15.4. The molecule has 0 aliphatic carbocycles. The van der Waals surface area contributed by atoms with Crippen LogP contribution < -0.4 is 9.64 Å². The highest BCUT2D eigenvalue weighted by atomic mass is 16.5. The summed E-state index contributed by atoms with van der Waals surface area (Å²) in [4.78, 5) is 13.7. The highest BCUT2D eigenvalue weighted by Crippen LogP contribution is 2.27. The zero-order valence-electron chi connectivity index (χ0n) is 13.9. The number of nitrogens with zero attached hydrogens (tertiary/aromatic N) is 4. The molecule has 2 fully saturated rings. The van der Waals surface area contributed by atoms with Gasteiger partial charge in [-0.3, -0.25) is 4.90 Å². The molecule has 2 aromatic rings. The molecule has 2 aliphatic heterocycles. The molecular formula is C19H24N4O. The lowest BCUT2D eigenvalue weighted by atomic mass is 9.91.